The first-order valence-corrected chi connectivity index (χ1v) is 10.6. The number of fused-ring (bicyclic) bond motifs is 1. The monoisotopic (exact) mass is 383 g/mol. The molecular weight excluding hydrogens is 360 g/mol. The van der Waals surface area contributed by atoms with E-state index in [-0.39, 0.29) is 0 Å². The number of benzene rings is 2. The van der Waals surface area contributed by atoms with Gasteiger partial charge in [-0.15, -0.1) is 0 Å². The minimum absolute atomic E-state index is 0.295. The zero-order valence-electron chi connectivity index (χ0n) is 15.3. The number of ether oxygens (including phenoxy) is 1. The Balaban J connectivity index is 1.83. The maximum atomic E-state index is 13.2. The highest BCUT2D eigenvalue weighted by atomic mass is 32.2. The smallest absolute Gasteiger partial charge is 0.268 e. The molecule has 5 nitrogen and oxygen atoms in total. The zero-order valence-corrected chi connectivity index (χ0v) is 16.2. The molecule has 1 aliphatic heterocycles. The number of hydrogen-bond acceptors (Lipinski definition) is 4. The third kappa shape index (κ3) is 3.40. The molecule has 1 aliphatic rings. The fraction of sp³-hybridized carbons (Fsp3) is 0.286. The van der Waals surface area contributed by atoms with Gasteiger partial charge in [0.25, 0.3) is 10.0 Å². The summed E-state index contributed by atoms with van der Waals surface area (Å²) in [5.74, 6) is 0. The number of nitrogens with zero attached hydrogens (tertiary/aromatic N) is 2. The van der Waals surface area contributed by atoms with Crippen LogP contribution in [0.2, 0.25) is 0 Å². The molecular formula is C21H23N2O3S. The summed E-state index contributed by atoms with van der Waals surface area (Å²) in [6, 6.07) is 14.5. The van der Waals surface area contributed by atoms with Crippen molar-refractivity contribution in [3.63, 3.8) is 0 Å². The first-order chi connectivity index (χ1) is 13.1. The molecule has 1 saturated heterocycles. The maximum absolute atomic E-state index is 13.2. The second-order valence-electron chi connectivity index (χ2n) is 6.69. The van der Waals surface area contributed by atoms with Crippen LogP contribution in [0.1, 0.15) is 18.1 Å². The summed E-state index contributed by atoms with van der Waals surface area (Å²) >= 11 is 0. The lowest BCUT2D eigenvalue weighted by atomic mass is 10.0. The van der Waals surface area contributed by atoms with E-state index < -0.39 is 10.0 Å². The van der Waals surface area contributed by atoms with E-state index in [9.17, 15) is 8.42 Å². The molecule has 0 spiro atoms. The van der Waals surface area contributed by atoms with E-state index in [2.05, 4.69) is 11.0 Å². The SMILES string of the molecule is C[CH]c1cn(S(=O)(=O)c2ccccc2)c2cccc(CN3CCOCC3)c12. The van der Waals surface area contributed by atoms with Crippen LogP contribution in [0, 0.1) is 6.42 Å². The molecule has 0 aliphatic carbocycles. The molecule has 0 bridgehead atoms. The first kappa shape index (κ1) is 18.2. The highest BCUT2D eigenvalue weighted by Gasteiger charge is 2.22. The first-order valence-electron chi connectivity index (χ1n) is 9.14. The summed E-state index contributed by atoms with van der Waals surface area (Å²) < 4.78 is 33.2. The molecule has 4 rings (SSSR count). The van der Waals surface area contributed by atoms with Gasteiger partial charge in [0, 0.05) is 31.2 Å². The number of hydrogen-bond donors (Lipinski definition) is 0. The van der Waals surface area contributed by atoms with Gasteiger partial charge in [-0.05, 0) is 35.7 Å². The topological polar surface area (TPSA) is 51.5 Å². The molecule has 141 valence electrons. The maximum Gasteiger partial charge on any atom is 0.268 e. The van der Waals surface area contributed by atoms with Crippen LogP contribution in [0.25, 0.3) is 10.9 Å². The van der Waals surface area contributed by atoms with Crippen molar-refractivity contribution in [2.24, 2.45) is 0 Å². The summed E-state index contributed by atoms with van der Waals surface area (Å²) in [6.07, 6.45) is 3.71. The zero-order chi connectivity index (χ0) is 18.9. The Morgan fingerprint density at radius 2 is 1.78 bits per heavy atom. The van der Waals surface area contributed by atoms with E-state index in [0.717, 1.165) is 54.9 Å². The van der Waals surface area contributed by atoms with Crippen molar-refractivity contribution in [2.45, 2.75) is 18.4 Å². The molecule has 0 saturated carbocycles. The fourth-order valence-electron chi connectivity index (χ4n) is 3.62. The van der Waals surface area contributed by atoms with Crippen molar-refractivity contribution in [3.8, 4) is 0 Å². The lowest BCUT2D eigenvalue weighted by molar-refractivity contribution is 0.0343. The van der Waals surface area contributed by atoms with E-state index in [1.807, 2.05) is 31.5 Å². The second-order valence-corrected chi connectivity index (χ2v) is 8.50. The Morgan fingerprint density at radius 3 is 2.48 bits per heavy atom. The van der Waals surface area contributed by atoms with Crippen molar-refractivity contribution in [1.29, 1.82) is 0 Å². The van der Waals surface area contributed by atoms with E-state index in [1.165, 1.54) is 3.97 Å². The van der Waals surface area contributed by atoms with E-state index in [4.69, 9.17) is 4.74 Å². The van der Waals surface area contributed by atoms with Crippen LogP contribution in [0.3, 0.4) is 0 Å². The van der Waals surface area contributed by atoms with Gasteiger partial charge in [-0.3, -0.25) is 4.90 Å². The average molecular weight is 383 g/mol. The Bertz CT molecular complexity index is 1040. The van der Waals surface area contributed by atoms with Crippen LogP contribution in [-0.2, 0) is 21.3 Å². The van der Waals surface area contributed by atoms with Crippen molar-refractivity contribution in [3.05, 3.63) is 72.3 Å². The molecule has 27 heavy (non-hydrogen) atoms. The van der Waals surface area contributed by atoms with E-state index in [0.29, 0.717) is 4.90 Å². The van der Waals surface area contributed by atoms with Crippen LogP contribution in [-0.4, -0.2) is 43.6 Å². The van der Waals surface area contributed by atoms with Gasteiger partial charge < -0.3 is 4.74 Å². The number of morpholine rings is 1. The summed E-state index contributed by atoms with van der Waals surface area (Å²) in [6.45, 7) is 6.00. The van der Waals surface area contributed by atoms with E-state index in [1.54, 1.807) is 30.5 Å². The highest BCUT2D eigenvalue weighted by molar-refractivity contribution is 7.90. The number of rotatable bonds is 5. The standard InChI is InChI=1S/C21H23N2O3S/c1-2-17-16-23(27(24,25)19-8-4-3-5-9-19)20-10-6-7-18(21(17)20)15-22-11-13-26-14-12-22/h2-10,16H,11-15H2,1H3. The van der Waals surface area contributed by atoms with Crippen molar-refractivity contribution >= 4 is 20.9 Å². The lowest BCUT2D eigenvalue weighted by Crippen LogP contribution is -2.35. The molecule has 1 fully saturated rings. The predicted octanol–water partition coefficient (Wildman–Crippen LogP) is 3.28. The van der Waals surface area contributed by atoms with Crippen LogP contribution >= 0.6 is 0 Å². The third-order valence-electron chi connectivity index (χ3n) is 5.02. The van der Waals surface area contributed by atoms with Crippen molar-refractivity contribution in [1.82, 2.24) is 8.87 Å². The van der Waals surface area contributed by atoms with Crippen LogP contribution in [0.4, 0.5) is 0 Å². The van der Waals surface area contributed by atoms with E-state index >= 15 is 0 Å². The molecule has 6 heteroatoms. The van der Waals surface area contributed by atoms with Crippen molar-refractivity contribution < 1.29 is 13.2 Å². The second kappa shape index (κ2) is 7.46. The summed E-state index contributed by atoms with van der Waals surface area (Å²) in [5, 5.41) is 1.01. The predicted molar refractivity (Wildman–Crippen MR) is 106 cm³/mol. The minimum Gasteiger partial charge on any atom is -0.379 e. The Kier molecular flexibility index (Phi) is 5.04. The molecule has 0 N–H and O–H groups in total. The molecule has 3 aromatic rings. The summed E-state index contributed by atoms with van der Waals surface area (Å²) in [5.41, 5.74) is 2.80. The van der Waals surface area contributed by atoms with Gasteiger partial charge in [0.2, 0.25) is 0 Å². The Labute approximate surface area is 160 Å². The van der Waals surface area contributed by atoms with Crippen LogP contribution < -0.4 is 0 Å². The van der Waals surface area contributed by atoms with Gasteiger partial charge in [-0.2, -0.15) is 0 Å². The van der Waals surface area contributed by atoms with Crippen molar-refractivity contribution in [2.75, 3.05) is 26.3 Å². The molecule has 0 amide bonds. The van der Waals surface area contributed by atoms with Crippen LogP contribution in [0.5, 0.6) is 0 Å². The largest absolute Gasteiger partial charge is 0.379 e. The molecule has 1 radical (unpaired) electrons. The molecule has 0 unspecified atom stereocenters. The van der Waals surface area contributed by atoms with Gasteiger partial charge in [0.15, 0.2) is 0 Å². The van der Waals surface area contributed by atoms with Gasteiger partial charge in [-0.1, -0.05) is 37.3 Å². The Morgan fingerprint density at radius 1 is 1.04 bits per heavy atom. The number of aromatic nitrogens is 1. The fourth-order valence-corrected chi connectivity index (χ4v) is 5.01. The molecule has 1 aromatic heterocycles. The minimum atomic E-state index is -3.64. The molecule has 2 aromatic carbocycles. The Hall–Kier alpha value is -2.15. The van der Waals surface area contributed by atoms with Crippen LogP contribution in [0.15, 0.2) is 59.6 Å². The van der Waals surface area contributed by atoms with Gasteiger partial charge in [0.05, 0.1) is 23.6 Å². The van der Waals surface area contributed by atoms with Gasteiger partial charge in [-0.25, -0.2) is 12.4 Å². The van der Waals surface area contributed by atoms with Gasteiger partial charge >= 0.3 is 0 Å². The highest BCUT2D eigenvalue weighted by Crippen LogP contribution is 2.30. The lowest BCUT2D eigenvalue weighted by Gasteiger charge is -2.27. The average Bonchev–Trinajstić information content (AvgIpc) is 3.10. The summed E-state index contributed by atoms with van der Waals surface area (Å²) in [7, 11) is -3.64. The van der Waals surface area contributed by atoms with Gasteiger partial charge in [0.1, 0.15) is 0 Å². The quantitative estimate of drug-likeness (QED) is 0.678. The normalized spacial score (nSPS) is 16.0. The third-order valence-corrected chi connectivity index (χ3v) is 6.71. The molecule has 0 atom stereocenters. The summed E-state index contributed by atoms with van der Waals surface area (Å²) in [4.78, 5) is 2.64. The molecule has 2 heterocycles.